The highest BCUT2D eigenvalue weighted by Crippen LogP contribution is 2.39. The topological polar surface area (TPSA) is 68.2 Å². The lowest BCUT2D eigenvalue weighted by atomic mass is 9.72. The molecule has 0 aliphatic heterocycles. The van der Waals surface area contributed by atoms with Crippen molar-refractivity contribution >= 4 is 23.2 Å². The molecule has 1 saturated carbocycles. The van der Waals surface area contributed by atoms with Crippen LogP contribution < -0.4 is 15.4 Å². The molecule has 7 heteroatoms. The zero-order valence-electron chi connectivity index (χ0n) is 20.2. The fraction of sp³-hybridized carbons (Fsp3) is 0.600. The molecule has 2 aromatic rings. The summed E-state index contributed by atoms with van der Waals surface area (Å²) in [6.45, 7) is 11.9. The Balaban J connectivity index is 1.86. The molecule has 1 aliphatic carbocycles. The molecule has 176 valence electrons. The number of amides is 1. The Morgan fingerprint density at radius 2 is 2.03 bits per heavy atom. The van der Waals surface area contributed by atoms with Crippen LogP contribution >= 0.6 is 11.6 Å². The van der Waals surface area contributed by atoms with E-state index in [-0.39, 0.29) is 17.0 Å². The fourth-order valence-corrected chi connectivity index (χ4v) is 4.72. The van der Waals surface area contributed by atoms with Crippen LogP contribution in [0.2, 0.25) is 5.02 Å². The van der Waals surface area contributed by atoms with E-state index in [0.29, 0.717) is 35.6 Å². The Labute approximate surface area is 197 Å². The summed E-state index contributed by atoms with van der Waals surface area (Å²) in [4.78, 5) is 13.0. The highest BCUT2D eigenvalue weighted by atomic mass is 35.5. The molecule has 1 aromatic carbocycles. The molecule has 1 aliphatic rings. The molecule has 6 nitrogen and oxygen atoms in total. The van der Waals surface area contributed by atoms with Crippen molar-refractivity contribution in [1.29, 1.82) is 0 Å². The van der Waals surface area contributed by atoms with Crippen molar-refractivity contribution in [3.05, 3.63) is 28.9 Å². The smallest absolute Gasteiger partial charge is 0.273 e. The van der Waals surface area contributed by atoms with E-state index in [4.69, 9.17) is 16.3 Å². The lowest BCUT2D eigenvalue weighted by Gasteiger charge is -2.36. The van der Waals surface area contributed by atoms with Crippen LogP contribution in [0.4, 0.5) is 5.69 Å². The van der Waals surface area contributed by atoms with Crippen LogP contribution in [-0.4, -0.2) is 35.4 Å². The van der Waals surface area contributed by atoms with E-state index in [9.17, 15) is 4.79 Å². The van der Waals surface area contributed by atoms with Crippen LogP contribution in [0, 0.1) is 11.3 Å². The maximum atomic E-state index is 13.0. The lowest BCUT2D eigenvalue weighted by Crippen LogP contribution is -2.38. The second-order valence-electron chi connectivity index (χ2n) is 9.72. The lowest BCUT2D eigenvalue weighted by molar-refractivity contribution is 0.0904. The van der Waals surface area contributed by atoms with E-state index >= 15 is 0 Å². The third-order valence-corrected chi connectivity index (χ3v) is 6.84. The SMILES string of the molecule is CCn1nc(C(=O)NCC2(C)CCC(C)CC2)c(Cl)c1-c1ccc(NC(C)C)cc1OC. The van der Waals surface area contributed by atoms with Gasteiger partial charge in [0.25, 0.3) is 5.91 Å². The minimum absolute atomic E-state index is 0.132. The Bertz CT molecular complexity index is 946. The van der Waals surface area contributed by atoms with E-state index in [1.807, 2.05) is 25.1 Å². The molecule has 0 saturated heterocycles. The zero-order chi connectivity index (χ0) is 23.5. The number of ether oxygens (including phenoxy) is 1. The van der Waals surface area contributed by atoms with Crippen molar-refractivity contribution in [1.82, 2.24) is 15.1 Å². The number of anilines is 1. The first-order valence-electron chi connectivity index (χ1n) is 11.7. The minimum Gasteiger partial charge on any atom is -0.496 e. The van der Waals surface area contributed by atoms with E-state index in [1.54, 1.807) is 11.8 Å². The number of nitrogens with zero attached hydrogens (tertiary/aromatic N) is 2. The fourth-order valence-electron chi connectivity index (χ4n) is 4.39. The van der Waals surface area contributed by atoms with Gasteiger partial charge in [-0.05, 0) is 57.1 Å². The third-order valence-electron chi connectivity index (χ3n) is 6.48. The van der Waals surface area contributed by atoms with Gasteiger partial charge in [-0.1, -0.05) is 38.3 Å². The number of carbonyl (C=O) groups is 1. The zero-order valence-corrected chi connectivity index (χ0v) is 21.0. The molecule has 1 aromatic heterocycles. The predicted octanol–water partition coefficient (Wildman–Crippen LogP) is 6.00. The number of aromatic nitrogens is 2. The second-order valence-corrected chi connectivity index (χ2v) is 10.1. The number of methoxy groups -OCH3 is 1. The summed E-state index contributed by atoms with van der Waals surface area (Å²) in [6.07, 6.45) is 4.68. The normalized spacial score (nSPS) is 20.9. The summed E-state index contributed by atoms with van der Waals surface area (Å²) in [6, 6.07) is 6.21. The summed E-state index contributed by atoms with van der Waals surface area (Å²) in [5, 5.41) is 11.4. The molecule has 0 atom stereocenters. The van der Waals surface area contributed by atoms with Crippen LogP contribution in [0.15, 0.2) is 18.2 Å². The average molecular weight is 461 g/mol. The largest absolute Gasteiger partial charge is 0.496 e. The van der Waals surface area contributed by atoms with Gasteiger partial charge < -0.3 is 15.4 Å². The molecule has 0 unspecified atom stereocenters. The van der Waals surface area contributed by atoms with E-state index in [0.717, 1.165) is 30.0 Å². The van der Waals surface area contributed by atoms with Gasteiger partial charge in [-0.25, -0.2) is 0 Å². The van der Waals surface area contributed by atoms with Crippen LogP contribution in [0.5, 0.6) is 5.75 Å². The van der Waals surface area contributed by atoms with Crippen molar-refractivity contribution in [2.24, 2.45) is 11.3 Å². The van der Waals surface area contributed by atoms with Crippen LogP contribution in [0.25, 0.3) is 11.3 Å². The minimum atomic E-state index is -0.222. The van der Waals surface area contributed by atoms with E-state index in [1.165, 1.54) is 12.8 Å². The molecule has 1 heterocycles. The van der Waals surface area contributed by atoms with Crippen molar-refractivity contribution in [3.8, 4) is 17.0 Å². The highest BCUT2D eigenvalue weighted by Gasteiger charge is 2.31. The van der Waals surface area contributed by atoms with Crippen LogP contribution in [0.3, 0.4) is 0 Å². The predicted molar refractivity (Wildman–Crippen MR) is 132 cm³/mol. The first-order valence-corrected chi connectivity index (χ1v) is 12.0. The van der Waals surface area contributed by atoms with Crippen molar-refractivity contribution < 1.29 is 9.53 Å². The monoisotopic (exact) mass is 460 g/mol. The molecule has 2 N–H and O–H groups in total. The Kier molecular flexibility index (Phi) is 7.75. The summed E-state index contributed by atoms with van der Waals surface area (Å²) < 4.78 is 7.43. The summed E-state index contributed by atoms with van der Waals surface area (Å²) >= 11 is 6.75. The standard InChI is InChI=1S/C25H37ClN4O2/c1-7-30-23(19-9-8-18(28-16(2)3)14-20(19)32-6)21(26)22(29-30)24(31)27-15-25(5)12-10-17(4)11-13-25/h8-9,14,16-17,28H,7,10-13,15H2,1-6H3,(H,27,31). The van der Waals surface area contributed by atoms with Gasteiger partial charge in [0.2, 0.25) is 0 Å². The van der Waals surface area contributed by atoms with Crippen molar-refractivity contribution in [3.63, 3.8) is 0 Å². The average Bonchev–Trinajstić information content (AvgIpc) is 3.10. The highest BCUT2D eigenvalue weighted by molar-refractivity contribution is 6.36. The van der Waals surface area contributed by atoms with Gasteiger partial charge in [0, 0.05) is 36.4 Å². The number of nitrogens with one attached hydrogen (secondary N) is 2. The van der Waals surface area contributed by atoms with E-state index < -0.39 is 0 Å². The Hall–Kier alpha value is -2.21. The summed E-state index contributed by atoms with van der Waals surface area (Å²) in [7, 11) is 1.64. The van der Waals surface area contributed by atoms with Gasteiger partial charge in [0.05, 0.1) is 17.8 Å². The van der Waals surface area contributed by atoms with Crippen LogP contribution in [0.1, 0.15) is 70.8 Å². The third kappa shape index (κ3) is 5.40. The maximum absolute atomic E-state index is 13.0. The van der Waals surface area contributed by atoms with Gasteiger partial charge in [-0.15, -0.1) is 0 Å². The van der Waals surface area contributed by atoms with Gasteiger partial charge in [-0.3, -0.25) is 9.48 Å². The molecular weight excluding hydrogens is 424 g/mol. The second kappa shape index (κ2) is 10.2. The van der Waals surface area contributed by atoms with Gasteiger partial charge >= 0.3 is 0 Å². The van der Waals surface area contributed by atoms with Gasteiger partial charge in [0.1, 0.15) is 5.75 Å². The number of hydrogen-bond acceptors (Lipinski definition) is 4. The number of rotatable bonds is 8. The Morgan fingerprint density at radius 3 is 2.62 bits per heavy atom. The number of carbonyl (C=O) groups excluding carboxylic acids is 1. The molecule has 1 amide bonds. The van der Waals surface area contributed by atoms with E-state index in [2.05, 4.69) is 43.4 Å². The van der Waals surface area contributed by atoms with Crippen LogP contribution in [-0.2, 0) is 6.54 Å². The van der Waals surface area contributed by atoms with Crippen molar-refractivity contribution in [2.45, 2.75) is 72.9 Å². The van der Waals surface area contributed by atoms with Crippen molar-refractivity contribution in [2.75, 3.05) is 19.0 Å². The van der Waals surface area contributed by atoms with Gasteiger partial charge in [0.15, 0.2) is 5.69 Å². The first-order chi connectivity index (χ1) is 15.2. The molecule has 3 rings (SSSR count). The molecule has 0 bridgehead atoms. The first kappa shape index (κ1) is 24.4. The van der Waals surface area contributed by atoms with Gasteiger partial charge in [-0.2, -0.15) is 5.10 Å². The molecule has 1 fully saturated rings. The summed E-state index contributed by atoms with van der Waals surface area (Å²) in [5.41, 5.74) is 2.88. The number of hydrogen-bond donors (Lipinski definition) is 2. The summed E-state index contributed by atoms with van der Waals surface area (Å²) in [5.74, 6) is 1.23. The maximum Gasteiger partial charge on any atom is 0.273 e. The Morgan fingerprint density at radius 1 is 1.34 bits per heavy atom. The quantitative estimate of drug-likeness (QED) is 0.507. The number of halogens is 1. The number of benzene rings is 1. The molecule has 32 heavy (non-hydrogen) atoms. The molecule has 0 radical (unpaired) electrons. The molecule has 0 spiro atoms. The number of aryl methyl sites for hydroxylation is 1. The molecular formula is C25H37ClN4O2.